The van der Waals surface area contributed by atoms with Gasteiger partial charge in [-0.05, 0) is 31.2 Å². The number of aromatic nitrogens is 1. The van der Waals surface area contributed by atoms with E-state index < -0.39 is 0 Å². The van der Waals surface area contributed by atoms with Crippen molar-refractivity contribution in [3.05, 3.63) is 47.0 Å². The van der Waals surface area contributed by atoms with Crippen LogP contribution in [0.5, 0.6) is 0 Å². The van der Waals surface area contributed by atoms with Gasteiger partial charge in [0.2, 0.25) is 5.91 Å². The predicted molar refractivity (Wildman–Crippen MR) is 112 cm³/mol. The van der Waals surface area contributed by atoms with Crippen molar-refractivity contribution in [3.63, 3.8) is 0 Å². The number of carbonyl (C=O) groups excluding carboxylic acids is 2. The van der Waals surface area contributed by atoms with Gasteiger partial charge in [0.05, 0.1) is 6.20 Å². The van der Waals surface area contributed by atoms with Crippen LogP contribution in [0.25, 0.3) is 0 Å². The number of benzene rings is 1. The highest BCUT2D eigenvalue weighted by atomic mass is 32.1. The number of likely N-dealkylation sites (tertiary alicyclic amines) is 2. The molecule has 3 aliphatic rings. The van der Waals surface area contributed by atoms with Gasteiger partial charge in [0.1, 0.15) is 4.88 Å². The number of nitrogens with two attached hydrogens (primary N) is 1. The van der Waals surface area contributed by atoms with Crippen molar-refractivity contribution in [2.45, 2.75) is 25.7 Å². The second-order valence-electron chi connectivity index (χ2n) is 8.79. The summed E-state index contributed by atoms with van der Waals surface area (Å²) in [6.07, 6.45) is 5.61. The minimum atomic E-state index is -0.0215. The molecule has 2 atom stereocenters. The molecule has 1 aromatic heterocycles. The fourth-order valence-corrected chi connectivity index (χ4v) is 5.68. The molecule has 0 spiro atoms. The fourth-order valence-electron chi connectivity index (χ4n) is 5.03. The zero-order valence-corrected chi connectivity index (χ0v) is 17.2. The maximum atomic E-state index is 13.0. The van der Waals surface area contributed by atoms with Crippen molar-refractivity contribution in [1.29, 1.82) is 0 Å². The monoisotopic (exact) mass is 410 g/mol. The highest BCUT2D eigenvalue weighted by Gasteiger charge is 2.55. The zero-order chi connectivity index (χ0) is 20.0. The summed E-state index contributed by atoms with van der Waals surface area (Å²) in [5, 5.41) is 0.424. The Hall–Kier alpha value is -2.41. The van der Waals surface area contributed by atoms with E-state index in [9.17, 15) is 9.59 Å². The maximum absolute atomic E-state index is 13.0. The smallest absolute Gasteiger partial charge is 0.265 e. The summed E-state index contributed by atoms with van der Waals surface area (Å²) in [5.41, 5.74) is 7.01. The van der Waals surface area contributed by atoms with E-state index in [1.807, 2.05) is 11.0 Å². The molecular weight excluding hydrogens is 384 g/mol. The Morgan fingerprint density at radius 1 is 1.14 bits per heavy atom. The van der Waals surface area contributed by atoms with Gasteiger partial charge < -0.3 is 15.5 Å². The second-order valence-corrected chi connectivity index (χ2v) is 9.85. The molecule has 0 bridgehead atoms. The first kappa shape index (κ1) is 18.6. The molecule has 2 aliphatic heterocycles. The molecule has 3 heterocycles. The standard InChI is InChI=1S/C22H26N4O2S/c23-21-24-10-18(29-21)20(28)26-12-17-11-25(19(27)16-6-7-16)13-22(17,14-26)9-8-15-4-2-1-3-5-15/h1-5,10,16-17H,6-9,11-14H2,(H2,23,24)/t17-,22+/m1/s1. The van der Waals surface area contributed by atoms with Crippen molar-refractivity contribution < 1.29 is 9.59 Å². The predicted octanol–water partition coefficient (Wildman–Crippen LogP) is 2.67. The van der Waals surface area contributed by atoms with Crippen LogP contribution in [0.4, 0.5) is 5.13 Å². The summed E-state index contributed by atoms with van der Waals surface area (Å²) in [5.74, 6) is 0.931. The molecule has 152 valence electrons. The number of rotatable bonds is 5. The highest BCUT2D eigenvalue weighted by Crippen LogP contribution is 2.47. The van der Waals surface area contributed by atoms with Gasteiger partial charge in [0.25, 0.3) is 5.91 Å². The molecule has 2 saturated heterocycles. The molecule has 29 heavy (non-hydrogen) atoms. The van der Waals surface area contributed by atoms with Crippen molar-refractivity contribution in [1.82, 2.24) is 14.8 Å². The molecule has 0 unspecified atom stereocenters. The third kappa shape index (κ3) is 3.52. The summed E-state index contributed by atoms with van der Waals surface area (Å²) >= 11 is 1.25. The lowest BCUT2D eigenvalue weighted by Crippen LogP contribution is -2.39. The van der Waals surface area contributed by atoms with Gasteiger partial charge in [-0.3, -0.25) is 9.59 Å². The molecule has 1 saturated carbocycles. The second kappa shape index (κ2) is 7.13. The molecule has 7 heteroatoms. The number of carbonyl (C=O) groups is 2. The normalized spacial score (nSPS) is 26.0. The molecule has 3 fully saturated rings. The third-order valence-electron chi connectivity index (χ3n) is 6.77. The molecule has 2 amide bonds. The van der Waals surface area contributed by atoms with E-state index in [1.165, 1.54) is 16.9 Å². The molecule has 1 aromatic carbocycles. The summed E-state index contributed by atoms with van der Waals surface area (Å²) in [6.45, 7) is 2.96. The maximum Gasteiger partial charge on any atom is 0.265 e. The van der Waals surface area contributed by atoms with Gasteiger partial charge in [-0.2, -0.15) is 0 Å². The lowest BCUT2D eigenvalue weighted by Gasteiger charge is -2.29. The Bertz CT molecular complexity index is 926. The van der Waals surface area contributed by atoms with Gasteiger partial charge >= 0.3 is 0 Å². The van der Waals surface area contributed by atoms with Crippen molar-refractivity contribution in [2.75, 3.05) is 31.9 Å². The van der Waals surface area contributed by atoms with Gasteiger partial charge in [0, 0.05) is 43.4 Å². The largest absolute Gasteiger partial charge is 0.375 e. The van der Waals surface area contributed by atoms with Gasteiger partial charge in [0.15, 0.2) is 5.13 Å². The van der Waals surface area contributed by atoms with Crippen LogP contribution in [0, 0.1) is 17.3 Å². The zero-order valence-electron chi connectivity index (χ0n) is 16.4. The van der Waals surface area contributed by atoms with Crippen LogP contribution in [0.1, 0.15) is 34.5 Å². The average Bonchev–Trinajstić information content (AvgIpc) is 3.25. The summed E-state index contributed by atoms with van der Waals surface area (Å²) in [6, 6.07) is 10.5. The summed E-state index contributed by atoms with van der Waals surface area (Å²) < 4.78 is 0. The molecule has 2 N–H and O–H groups in total. The number of nitrogens with zero attached hydrogens (tertiary/aromatic N) is 3. The Kier molecular flexibility index (Phi) is 4.57. The average molecular weight is 411 g/mol. The molecule has 6 nitrogen and oxygen atoms in total. The van der Waals surface area contributed by atoms with Crippen LogP contribution in [0.2, 0.25) is 0 Å². The van der Waals surface area contributed by atoms with Crippen molar-refractivity contribution >= 4 is 28.3 Å². The molecular formula is C22H26N4O2S. The number of nitrogen functional groups attached to an aromatic ring is 1. The first-order valence-corrected chi connectivity index (χ1v) is 11.2. The van der Waals surface area contributed by atoms with Crippen molar-refractivity contribution in [2.24, 2.45) is 17.3 Å². The number of fused-ring (bicyclic) bond motifs is 1. The topological polar surface area (TPSA) is 79.5 Å². The highest BCUT2D eigenvalue weighted by molar-refractivity contribution is 7.17. The summed E-state index contributed by atoms with van der Waals surface area (Å²) in [4.78, 5) is 34.4. The van der Waals surface area contributed by atoms with E-state index in [4.69, 9.17) is 5.73 Å². The molecule has 5 rings (SSSR count). The summed E-state index contributed by atoms with van der Waals surface area (Å²) in [7, 11) is 0. The number of amides is 2. The van der Waals surface area contributed by atoms with E-state index in [2.05, 4.69) is 34.1 Å². The van der Waals surface area contributed by atoms with Crippen LogP contribution < -0.4 is 5.73 Å². The fraction of sp³-hybridized carbons (Fsp3) is 0.500. The first-order valence-electron chi connectivity index (χ1n) is 10.4. The Balaban J connectivity index is 1.35. The van der Waals surface area contributed by atoms with E-state index in [-0.39, 0.29) is 17.2 Å². The number of anilines is 1. The van der Waals surface area contributed by atoms with Crippen LogP contribution >= 0.6 is 11.3 Å². The van der Waals surface area contributed by atoms with E-state index in [0.29, 0.717) is 34.9 Å². The van der Waals surface area contributed by atoms with E-state index in [1.54, 1.807) is 6.20 Å². The van der Waals surface area contributed by atoms with Gasteiger partial charge in [-0.15, -0.1) is 0 Å². The van der Waals surface area contributed by atoms with E-state index >= 15 is 0 Å². The third-order valence-corrected chi connectivity index (χ3v) is 7.59. The Morgan fingerprint density at radius 2 is 1.86 bits per heavy atom. The lowest BCUT2D eigenvalue weighted by atomic mass is 9.76. The Labute approximate surface area is 174 Å². The van der Waals surface area contributed by atoms with Crippen LogP contribution in [0.15, 0.2) is 36.5 Å². The molecule has 2 aromatic rings. The number of thiazole rings is 1. The SMILES string of the molecule is Nc1ncc(C(=O)N2C[C@H]3CN(C(=O)C4CC4)C[C@@]3(CCc3ccccc3)C2)s1. The Morgan fingerprint density at radius 3 is 2.55 bits per heavy atom. The van der Waals surface area contributed by atoms with E-state index in [0.717, 1.165) is 38.8 Å². The lowest BCUT2D eigenvalue weighted by molar-refractivity contribution is -0.132. The minimum absolute atomic E-state index is 0.0211. The minimum Gasteiger partial charge on any atom is -0.375 e. The number of hydrogen-bond donors (Lipinski definition) is 1. The van der Waals surface area contributed by atoms with Gasteiger partial charge in [-0.25, -0.2) is 4.98 Å². The van der Waals surface area contributed by atoms with Crippen LogP contribution in [-0.4, -0.2) is 52.8 Å². The first-order chi connectivity index (χ1) is 14.0. The number of hydrogen-bond acceptors (Lipinski definition) is 5. The van der Waals surface area contributed by atoms with Crippen LogP contribution in [0.3, 0.4) is 0 Å². The molecule has 0 radical (unpaired) electrons. The van der Waals surface area contributed by atoms with Gasteiger partial charge in [-0.1, -0.05) is 41.7 Å². The quantitative estimate of drug-likeness (QED) is 0.822. The van der Waals surface area contributed by atoms with Crippen molar-refractivity contribution in [3.8, 4) is 0 Å². The molecule has 1 aliphatic carbocycles. The van der Waals surface area contributed by atoms with Crippen LogP contribution in [-0.2, 0) is 11.2 Å². The number of aryl methyl sites for hydroxylation is 1.